The zero-order valence-electron chi connectivity index (χ0n) is 16.7. The lowest BCUT2D eigenvalue weighted by Gasteiger charge is -2.35. The van der Waals surface area contributed by atoms with Crippen LogP contribution in [-0.4, -0.2) is 59.5 Å². The van der Waals surface area contributed by atoms with Gasteiger partial charge in [-0.1, -0.05) is 12.1 Å². The largest absolute Gasteiger partial charge is 0.466 e. The minimum Gasteiger partial charge on any atom is -0.466 e. The molecule has 0 spiro atoms. The fourth-order valence-corrected chi connectivity index (χ4v) is 3.26. The van der Waals surface area contributed by atoms with Crippen LogP contribution in [0.5, 0.6) is 0 Å². The zero-order valence-corrected chi connectivity index (χ0v) is 16.7. The van der Waals surface area contributed by atoms with E-state index in [0.717, 1.165) is 11.5 Å². The summed E-state index contributed by atoms with van der Waals surface area (Å²) in [5.41, 5.74) is 1.42. The Kier molecular flexibility index (Phi) is 6.74. The van der Waals surface area contributed by atoms with Gasteiger partial charge in [-0.25, -0.2) is 14.4 Å². The average Bonchev–Trinajstić information content (AvgIpc) is 2.72. The van der Waals surface area contributed by atoms with Gasteiger partial charge in [0.1, 0.15) is 11.6 Å². The van der Waals surface area contributed by atoms with E-state index < -0.39 is 0 Å². The van der Waals surface area contributed by atoms with Gasteiger partial charge in [-0.05, 0) is 26.0 Å². The van der Waals surface area contributed by atoms with E-state index in [1.54, 1.807) is 24.0 Å². The molecule has 7 nitrogen and oxygen atoms in total. The van der Waals surface area contributed by atoms with Crippen molar-refractivity contribution in [3.8, 4) is 11.4 Å². The van der Waals surface area contributed by atoms with Crippen LogP contribution in [0.3, 0.4) is 0 Å². The highest BCUT2D eigenvalue weighted by molar-refractivity contribution is 5.81. The standard InChI is InChI=1S/C21H25FN4O3/c1-3-29-20(28)8-7-19(27)26-11-9-25(10-12-26)18-13-15(2)23-21(24-18)16-5-4-6-17(22)14-16/h4-6,13-14H,3,7-12H2,1-2H3. The molecule has 29 heavy (non-hydrogen) atoms. The van der Waals surface area contributed by atoms with Crippen LogP contribution in [0.2, 0.25) is 0 Å². The average molecular weight is 400 g/mol. The highest BCUT2D eigenvalue weighted by Crippen LogP contribution is 2.22. The lowest BCUT2D eigenvalue weighted by atomic mass is 10.2. The maximum Gasteiger partial charge on any atom is 0.306 e. The number of ether oxygens (including phenoxy) is 1. The molecule has 1 aromatic heterocycles. The summed E-state index contributed by atoms with van der Waals surface area (Å²) in [6.45, 7) is 6.31. The number of halogens is 1. The number of amides is 1. The van der Waals surface area contributed by atoms with Crippen LogP contribution in [0.4, 0.5) is 10.2 Å². The maximum absolute atomic E-state index is 13.6. The maximum atomic E-state index is 13.6. The lowest BCUT2D eigenvalue weighted by Crippen LogP contribution is -2.49. The van der Waals surface area contributed by atoms with E-state index in [1.807, 2.05) is 13.0 Å². The van der Waals surface area contributed by atoms with E-state index in [1.165, 1.54) is 12.1 Å². The minimum atomic E-state index is -0.346. The topological polar surface area (TPSA) is 75.6 Å². The van der Waals surface area contributed by atoms with Gasteiger partial charge in [-0.2, -0.15) is 0 Å². The number of anilines is 1. The number of carbonyl (C=O) groups excluding carboxylic acids is 2. The minimum absolute atomic E-state index is 0.0444. The number of piperazine rings is 1. The van der Waals surface area contributed by atoms with Gasteiger partial charge in [0.2, 0.25) is 5.91 Å². The van der Waals surface area contributed by atoms with Crippen molar-refractivity contribution in [3.05, 3.63) is 41.8 Å². The molecule has 0 bridgehead atoms. The Hall–Kier alpha value is -3.03. The fourth-order valence-electron chi connectivity index (χ4n) is 3.26. The van der Waals surface area contributed by atoms with Crippen molar-refractivity contribution in [1.82, 2.24) is 14.9 Å². The molecule has 1 aliphatic rings. The molecule has 1 saturated heterocycles. The third kappa shape index (κ3) is 5.49. The van der Waals surface area contributed by atoms with Crippen molar-refractivity contribution in [3.63, 3.8) is 0 Å². The molecule has 0 aliphatic carbocycles. The predicted molar refractivity (Wildman–Crippen MR) is 107 cm³/mol. The van der Waals surface area contributed by atoms with E-state index in [9.17, 15) is 14.0 Å². The second-order valence-electron chi connectivity index (χ2n) is 6.87. The fraction of sp³-hybridized carbons (Fsp3) is 0.429. The number of rotatable bonds is 6. The van der Waals surface area contributed by atoms with Gasteiger partial charge in [0.05, 0.1) is 13.0 Å². The van der Waals surface area contributed by atoms with Crippen LogP contribution >= 0.6 is 0 Å². The molecule has 0 atom stereocenters. The summed E-state index contributed by atoms with van der Waals surface area (Å²) >= 11 is 0. The van der Waals surface area contributed by atoms with Crippen molar-refractivity contribution in [2.75, 3.05) is 37.7 Å². The molecule has 154 valence electrons. The molecule has 1 aliphatic heterocycles. The summed E-state index contributed by atoms with van der Waals surface area (Å²) in [6, 6.07) is 8.11. The molecule has 0 unspecified atom stereocenters. The van der Waals surface area contributed by atoms with Crippen LogP contribution in [0.1, 0.15) is 25.5 Å². The number of aryl methyl sites for hydroxylation is 1. The summed E-state index contributed by atoms with van der Waals surface area (Å²) in [5.74, 6) is 0.518. The Morgan fingerprint density at radius 2 is 1.86 bits per heavy atom. The highest BCUT2D eigenvalue weighted by atomic mass is 19.1. The van der Waals surface area contributed by atoms with Crippen LogP contribution in [0.25, 0.3) is 11.4 Å². The van der Waals surface area contributed by atoms with Crippen molar-refractivity contribution in [2.45, 2.75) is 26.7 Å². The van der Waals surface area contributed by atoms with Gasteiger partial charge in [0.15, 0.2) is 5.82 Å². The monoisotopic (exact) mass is 400 g/mol. The highest BCUT2D eigenvalue weighted by Gasteiger charge is 2.23. The first kappa shape index (κ1) is 20.7. The molecule has 1 aromatic carbocycles. The number of aromatic nitrogens is 2. The SMILES string of the molecule is CCOC(=O)CCC(=O)N1CCN(c2cc(C)nc(-c3cccc(F)c3)n2)CC1. The first-order chi connectivity index (χ1) is 14.0. The van der Waals surface area contributed by atoms with Crippen LogP contribution in [0, 0.1) is 12.7 Å². The molecular weight excluding hydrogens is 375 g/mol. The van der Waals surface area contributed by atoms with Gasteiger partial charge in [-0.15, -0.1) is 0 Å². The number of esters is 1. The molecule has 1 amide bonds. The number of nitrogens with zero attached hydrogens (tertiary/aromatic N) is 4. The number of benzene rings is 1. The van der Waals surface area contributed by atoms with E-state index >= 15 is 0 Å². The summed E-state index contributed by atoms with van der Waals surface area (Å²) in [7, 11) is 0. The van der Waals surface area contributed by atoms with E-state index in [2.05, 4.69) is 14.9 Å². The Bertz CT molecular complexity index is 882. The molecule has 0 N–H and O–H groups in total. The smallest absolute Gasteiger partial charge is 0.306 e. The quantitative estimate of drug-likeness (QED) is 0.694. The van der Waals surface area contributed by atoms with Gasteiger partial charge in [0.25, 0.3) is 0 Å². The third-order valence-corrected chi connectivity index (χ3v) is 4.73. The molecule has 2 heterocycles. The summed E-state index contributed by atoms with van der Waals surface area (Å²) in [6.07, 6.45) is 0.268. The zero-order chi connectivity index (χ0) is 20.8. The third-order valence-electron chi connectivity index (χ3n) is 4.73. The molecular formula is C21H25FN4O3. The summed E-state index contributed by atoms with van der Waals surface area (Å²) in [5, 5.41) is 0. The molecule has 1 fully saturated rings. The second-order valence-corrected chi connectivity index (χ2v) is 6.87. The second kappa shape index (κ2) is 9.45. The Balaban J connectivity index is 1.62. The molecule has 3 rings (SSSR count). The molecule has 0 radical (unpaired) electrons. The molecule has 2 aromatic rings. The predicted octanol–water partition coefficient (Wildman–Crippen LogP) is 2.58. The van der Waals surface area contributed by atoms with E-state index in [-0.39, 0.29) is 30.5 Å². The summed E-state index contributed by atoms with van der Waals surface area (Å²) < 4.78 is 18.4. The molecule has 0 saturated carbocycles. The number of hydrogen-bond acceptors (Lipinski definition) is 6. The first-order valence-electron chi connectivity index (χ1n) is 9.76. The van der Waals surface area contributed by atoms with Gasteiger partial charge < -0.3 is 14.5 Å². The lowest BCUT2D eigenvalue weighted by molar-refractivity contribution is -0.145. The molecule has 8 heteroatoms. The van der Waals surface area contributed by atoms with Gasteiger partial charge in [-0.3, -0.25) is 9.59 Å². The Morgan fingerprint density at radius 1 is 1.10 bits per heavy atom. The first-order valence-corrected chi connectivity index (χ1v) is 9.76. The van der Waals surface area contributed by atoms with Crippen molar-refractivity contribution < 1.29 is 18.7 Å². The van der Waals surface area contributed by atoms with Crippen LogP contribution < -0.4 is 4.90 Å². The normalized spacial score (nSPS) is 14.0. The van der Waals surface area contributed by atoms with Crippen molar-refractivity contribution in [2.24, 2.45) is 0 Å². The van der Waals surface area contributed by atoms with Crippen LogP contribution in [0.15, 0.2) is 30.3 Å². The van der Waals surface area contributed by atoms with Gasteiger partial charge >= 0.3 is 5.97 Å². The van der Waals surface area contributed by atoms with Crippen LogP contribution in [-0.2, 0) is 14.3 Å². The van der Waals surface area contributed by atoms with Crippen molar-refractivity contribution in [1.29, 1.82) is 0 Å². The number of carbonyl (C=O) groups is 2. The number of hydrogen-bond donors (Lipinski definition) is 0. The Morgan fingerprint density at radius 3 is 2.55 bits per heavy atom. The Labute approximate surface area is 169 Å². The van der Waals surface area contributed by atoms with E-state index in [4.69, 9.17) is 4.74 Å². The summed E-state index contributed by atoms with van der Waals surface area (Å²) in [4.78, 5) is 36.6. The van der Waals surface area contributed by atoms with E-state index in [0.29, 0.717) is 44.2 Å². The van der Waals surface area contributed by atoms with Gasteiger partial charge in [0, 0.05) is 49.9 Å². The van der Waals surface area contributed by atoms with Crippen molar-refractivity contribution >= 4 is 17.7 Å².